The van der Waals surface area contributed by atoms with Gasteiger partial charge in [-0.25, -0.2) is 0 Å². The van der Waals surface area contributed by atoms with Crippen LogP contribution in [0.3, 0.4) is 0 Å². The van der Waals surface area contributed by atoms with Crippen LogP contribution < -0.4 is 5.32 Å². The van der Waals surface area contributed by atoms with Gasteiger partial charge < -0.3 is 10.1 Å². The van der Waals surface area contributed by atoms with Crippen molar-refractivity contribution in [3.8, 4) is 0 Å². The molecule has 1 N–H and O–H groups in total. The number of benzene rings is 1. The highest BCUT2D eigenvalue weighted by Crippen LogP contribution is 2.28. The molecule has 0 aromatic heterocycles. The van der Waals surface area contributed by atoms with E-state index < -0.39 is 0 Å². The van der Waals surface area contributed by atoms with E-state index in [1.165, 1.54) is 6.42 Å². The topological polar surface area (TPSA) is 41.6 Å². The third kappa shape index (κ3) is 2.92. The van der Waals surface area contributed by atoms with Crippen molar-refractivity contribution in [3.05, 3.63) is 42.0 Å². The summed E-state index contributed by atoms with van der Waals surface area (Å²) in [6.45, 7) is 4.49. The molecule has 20 heavy (non-hydrogen) atoms. The molecule has 3 aliphatic heterocycles. The molecule has 2 atom stereocenters. The monoisotopic (exact) mass is 272 g/mol. The molecular formula is C16H20N2O2. The summed E-state index contributed by atoms with van der Waals surface area (Å²) in [5.74, 6) is -0.0149. The van der Waals surface area contributed by atoms with Crippen LogP contribution >= 0.6 is 0 Å². The summed E-state index contributed by atoms with van der Waals surface area (Å²) >= 11 is 0. The van der Waals surface area contributed by atoms with Gasteiger partial charge in [-0.1, -0.05) is 24.3 Å². The molecule has 3 heterocycles. The van der Waals surface area contributed by atoms with E-state index in [1.807, 2.05) is 43.3 Å². The van der Waals surface area contributed by atoms with Crippen molar-refractivity contribution < 1.29 is 9.53 Å². The summed E-state index contributed by atoms with van der Waals surface area (Å²) in [7, 11) is 0. The number of rotatable bonds is 4. The molecule has 2 unspecified atom stereocenters. The number of para-hydroxylation sites is 1. The van der Waals surface area contributed by atoms with Crippen LogP contribution in [0.1, 0.15) is 13.3 Å². The first kappa shape index (κ1) is 13.3. The van der Waals surface area contributed by atoms with E-state index in [2.05, 4.69) is 10.2 Å². The van der Waals surface area contributed by atoms with Crippen LogP contribution in [-0.4, -0.2) is 42.6 Å². The molecule has 0 saturated carbocycles. The predicted octanol–water partition coefficient (Wildman–Crippen LogP) is 2.04. The highest BCUT2D eigenvalue weighted by molar-refractivity contribution is 6.03. The first-order valence-corrected chi connectivity index (χ1v) is 7.14. The van der Waals surface area contributed by atoms with Crippen LogP contribution in [0.15, 0.2) is 42.0 Å². The van der Waals surface area contributed by atoms with Crippen LogP contribution in [0, 0.1) is 0 Å². The Kier molecular flexibility index (Phi) is 3.85. The van der Waals surface area contributed by atoms with Crippen molar-refractivity contribution in [2.45, 2.75) is 25.6 Å². The Balaban J connectivity index is 1.57. The Hall–Kier alpha value is -1.65. The van der Waals surface area contributed by atoms with Crippen LogP contribution in [0.5, 0.6) is 0 Å². The average Bonchev–Trinajstić information content (AvgIpc) is 2.45. The van der Waals surface area contributed by atoms with Gasteiger partial charge in [0.2, 0.25) is 0 Å². The van der Waals surface area contributed by atoms with Gasteiger partial charge in [-0.05, 0) is 19.1 Å². The van der Waals surface area contributed by atoms with Gasteiger partial charge in [0.05, 0.1) is 12.2 Å². The predicted molar refractivity (Wildman–Crippen MR) is 78.5 cm³/mol. The second-order valence-corrected chi connectivity index (χ2v) is 5.44. The van der Waals surface area contributed by atoms with E-state index in [0.717, 1.165) is 24.4 Å². The first-order valence-electron chi connectivity index (χ1n) is 7.14. The molecule has 1 amide bonds. The lowest BCUT2D eigenvalue weighted by Gasteiger charge is -2.47. The fourth-order valence-corrected chi connectivity index (χ4v) is 2.84. The van der Waals surface area contributed by atoms with Crippen LogP contribution in [0.2, 0.25) is 0 Å². The second-order valence-electron chi connectivity index (χ2n) is 5.44. The molecule has 2 bridgehead atoms. The summed E-state index contributed by atoms with van der Waals surface area (Å²) in [4.78, 5) is 14.6. The van der Waals surface area contributed by atoms with E-state index in [1.54, 1.807) is 0 Å². The maximum atomic E-state index is 12.3. The van der Waals surface area contributed by atoms with Crippen molar-refractivity contribution in [1.29, 1.82) is 0 Å². The number of piperidine rings is 1. The summed E-state index contributed by atoms with van der Waals surface area (Å²) < 4.78 is 5.61. The van der Waals surface area contributed by atoms with E-state index in [-0.39, 0.29) is 5.91 Å². The number of hydrogen-bond donors (Lipinski definition) is 1. The Labute approximate surface area is 119 Å². The Morgan fingerprint density at radius 3 is 2.60 bits per heavy atom. The molecule has 3 saturated heterocycles. The van der Waals surface area contributed by atoms with Gasteiger partial charge in [-0.3, -0.25) is 9.69 Å². The number of fused-ring (bicyclic) bond motifs is 2. The number of carbonyl (C=O) groups excluding carboxylic acids is 1. The smallest absolute Gasteiger partial charge is 0.252 e. The first-order chi connectivity index (χ1) is 9.74. The van der Waals surface area contributed by atoms with Gasteiger partial charge in [-0.2, -0.15) is 0 Å². The zero-order valence-corrected chi connectivity index (χ0v) is 11.7. The zero-order valence-electron chi connectivity index (χ0n) is 11.7. The molecule has 4 nitrogen and oxygen atoms in total. The Morgan fingerprint density at radius 1 is 1.35 bits per heavy atom. The number of nitrogens with one attached hydrogen (secondary N) is 1. The van der Waals surface area contributed by atoms with Crippen molar-refractivity contribution in [2.24, 2.45) is 0 Å². The number of carbonyl (C=O) groups is 1. The van der Waals surface area contributed by atoms with Gasteiger partial charge in [0.15, 0.2) is 0 Å². The van der Waals surface area contributed by atoms with Crippen molar-refractivity contribution >= 4 is 11.6 Å². The molecule has 3 fully saturated rings. The fraction of sp³-hybridized carbons (Fsp3) is 0.438. The number of allylic oxidation sites excluding steroid dienone is 1. The third-order valence-electron chi connectivity index (χ3n) is 3.90. The van der Waals surface area contributed by atoms with Crippen LogP contribution in [0.4, 0.5) is 5.69 Å². The van der Waals surface area contributed by atoms with Crippen LogP contribution in [0.25, 0.3) is 0 Å². The second kappa shape index (κ2) is 5.77. The number of amides is 1. The van der Waals surface area contributed by atoms with Gasteiger partial charge in [0, 0.05) is 37.3 Å². The fourth-order valence-electron chi connectivity index (χ4n) is 2.84. The molecule has 1 aromatic carbocycles. The summed E-state index contributed by atoms with van der Waals surface area (Å²) in [6.07, 6.45) is 3.84. The number of nitrogens with zero attached hydrogens (tertiary/aromatic N) is 1. The molecule has 4 rings (SSSR count). The summed E-state index contributed by atoms with van der Waals surface area (Å²) in [5, 5.41) is 2.94. The summed E-state index contributed by atoms with van der Waals surface area (Å²) in [6, 6.07) is 9.57. The van der Waals surface area contributed by atoms with Gasteiger partial charge in [0.25, 0.3) is 5.91 Å². The SMILES string of the molecule is C/C=C(\CN1CC2CC(C1)O2)C(=O)Nc1ccccc1. The normalized spacial score (nSPS) is 25.9. The molecule has 1 aromatic rings. The zero-order chi connectivity index (χ0) is 13.9. The molecule has 106 valence electrons. The summed E-state index contributed by atoms with van der Waals surface area (Å²) in [5.41, 5.74) is 1.65. The standard InChI is InChI=1S/C16H20N2O2/c1-2-12(9-18-10-14-8-15(11-18)20-14)16(19)17-13-6-4-3-5-7-13/h2-7,14-15H,8-11H2,1H3,(H,17,19)/b12-2+. The maximum Gasteiger partial charge on any atom is 0.252 e. The molecule has 3 aliphatic rings. The van der Waals surface area contributed by atoms with Gasteiger partial charge in [0.1, 0.15) is 0 Å². The van der Waals surface area contributed by atoms with Gasteiger partial charge >= 0.3 is 0 Å². The van der Waals surface area contributed by atoms with Crippen LogP contribution in [-0.2, 0) is 9.53 Å². The van der Waals surface area contributed by atoms with E-state index in [9.17, 15) is 4.79 Å². The maximum absolute atomic E-state index is 12.3. The largest absolute Gasteiger partial charge is 0.372 e. The number of morpholine rings is 1. The third-order valence-corrected chi connectivity index (χ3v) is 3.90. The van der Waals surface area contributed by atoms with Crippen molar-refractivity contribution in [2.75, 3.05) is 25.0 Å². The molecule has 4 heteroatoms. The highest BCUT2D eigenvalue weighted by atomic mass is 16.5. The lowest BCUT2D eigenvalue weighted by Crippen LogP contribution is -2.57. The molecule has 0 radical (unpaired) electrons. The number of hydrogen-bond acceptors (Lipinski definition) is 3. The van der Waals surface area contributed by atoms with E-state index in [0.29, 0.717) is 18.8 Å². The minimum absolute atomic E-state index is 0.0149. The van der Waals surface area contributed by atoms with E-state index >= 15 is 0 Å². The molecular weight excluding hydrogens is 252 g/mol. The minimum atomic E-state index is -0.0149. The highest BCUT2D eigenvalue weighted by Gasteiger charge is 2.38. The van der Waals surface area contributed by atoms with Crippen molar-refractivity contribution in [1.82, 2.24) is 4.90 Å². The van der Waals surface area contributed by atoms with Gasteiger partial charge in [-0.15, -0.1) is 0 Å². The quantitative estimate of drug-likeness (QED) is 0.853. The number of ether oxygens (including phenoxy) is 1. The van der Waals surface area contributed by atoms with E-state index in [4.69, 9.17) is 4.74 Å². The Bertz CT molecular complexity index is 496. The minimum Gasteiger partial charge on any atom is -0.372 e. The molecule has 0 spiro atoms. The lowest BCUT2D eigenvalue weighted by atomic mass is 9.98. The average molecular weight is 272 g/mol. The lowest BCUT2D eigenvalue weighted by molar-refractivity contribution is -0.179. The van der Waals surface area contributed by atoms with Crippen molar-refractivity contribution in [3.63, 3.8) is 0 Å². The number of anilines is 1. The molecule has 0 aliphatic carbocycles. The Morgan fingerprint density at radius 2 is 2.00 bits per heavy atom.